The molecule has 0 fully saturated rings. The van der Waals surface area contributed by atoms with Crippen molar-refractivity contribution in [2.75, 3.05) is 0 Å². The Morgan fingerprint density at radius 3 is 2.30 bits per heavy atom. The quantitative estimate of drug-likeness (QED) is 0.631. The minimum absolute atomic E-state index is 0.387. The van der Waals surface area contributed by atoms with Crippen LogP contribution in [0.15, 0.2) is 54.6 Å². The van der Waals surface area contributed by atoms with Crippen molar-refractivity contribution in [1.29, 1.82) is 5.26 Å². The third-order valence-corrected chi connectivity index (χ3v) is 2.59. The summed E-state index contributed by atoms with van der Waals surface area (Å²) < 4.78 is 10.6. The van der Waals surface area contributed by atoms with Crippen LogP contribution in [0.1, 0.15) is 12.5 Å². The number of benzene rings is 2. The van der Waals surface area contributed by atoms with Gasteiger partial charge in [0.2, 0.25) is 0 Å². The van der Waals surface area contributed by atoms with Gasteiger partial charge in [-0.3, -0.25) is 0 Å². The van der Waals surface area contributed by atoms with Gasteiger partial charge in [0.05, 0.1) is 11.6 Å². The first kappa shape index (κ1) is 13.6. The second-order valence-corrected chi connectivity index (χ2v) is 4.13. The molecule has 0 amide bonds. The normalized spacial score (nSPS) is 11.2. The molecule has 100 valence electrons. The smallest absolute Gasteiger partial charge is 0.352 e. The zero-order valence-electron chi connectivity index (χ0n) is 10.9. The Balaban J connectivity index is 1.95. The highest BCUT2D eigenvalue weighted by Gasteiger charge is 2.17. The predicted molar refractivity (Wildman–Crippen MR) is 73.3 cm³/mol. The van der Waals surface area contributed by atoms with Crippen LogP contribution in [0.25, 0.3) is 0 Å². The molecule has 4 nitrogen and oxygen atoms in total. The molecule has 2 rings (SSSR count). The fraction of sp³-hybridized carbons (Fsp3) is 0.125. The monoisotopic (exact) mass is 267 g/mol. The fourth-order valence-electron chi connectivity index (χ4n) is 1.55. The molecule has 20 heavy (non-hydrogen) atoms. The summed E-state index contributed by atoms with van der Waals surface area (Å²) in [5.74, 6) is 0.507. The van der Waals surface area contributed by atoms with Gasteiger partial charge in [0.15, 0.2) is 6.10 Å². The Morgan fingerprint density at radius 1 is 1.05 bits per heavy atom. The summed E-state index contributed by atoms with van der Waals surface area (Å²) in [6, 6.07) is 17.4. The zero-order valence-corrected chi connectivity index (χ0v) is 10.9. The molecule has 1 atom stereocenters. The van der Waals surface area contributed by atoms with E-state index >= 15 is 0 Å². The first-order chi connectivity index (χ1) is 9.69. The lowest BCUT2D eigenvalue weighted by Crippen LogP contribution is -2.28. The largest absolute Gasteiger partial charge is 0.479 e. The van der Waals surface area contributed by atoms with Crippen molar-refractivity contribution in [3.63, 3.8) is 0 Å². The summed E-state index contributed by atoms with van der Waals surface area (Å²) >= 11 is 0. The van der Waals surface area contributed by atoms with Crippen LogP contribution < -0.4 is 9.47 Å². The van der Waals surface area contributed by atoms with E-state index in [1.54, 1.807) is 43.3 Å². The lowest BCUT2D eigenvalue weighted by atomic mass is 10.2. The highest BCUT2D eigenvalue weighted by molar-refractivity contribution is 5.77. The highest BCUT2D eigenvalue weighted by atomic mass is 16.6. The highest BCUT2D eigenvalue weighted by Crippen LogP contribution is 2.15. The van der Waals surface area contributed by atoms with Crippen LogP contribution >= 0.6 is 0 Å². The van der Waals surface area contributed by atoms with Gasteiger partial charge in [-0.2, -0.15) is 5.26 Å². The molecule has 2 aromatic rings. The maximum Gasteiger partial charge on any atom is 0.352 e. The van der Waals surface area contributed by atoms with Crippen molar-refractivity contribution in [3.8, 4) is 17.6 Å². The van der Waals surface area contributed by atoms with Crippen LogP contribution in [0.4, 0.5) is 0 Å². The maximum absolute atomic E-state index is 11.9. The second-order valence-electron chi connectivity index (χ2n) is 4.13. The molecular formula is C16H13NO3. The Morgan fingerprint density at radius 2 is 1.70 bits per heavy atom. The zero-order chi connectivity index (χ0) is 14.4. The molecule has 0 spiro atoms. The summed E-state index contributed by atoms with van der Waals surface area (Å²) in [6.45, 7) is 1.62. The lowest BCUT2D eigenvalue weighted by molar-refractivity contribution is -0.141. The Labute approximate surface area is 117 Å². The first-order valence-electron chi connectivity index (χ1n) is 6.12. The topological polar surface area (TPSA) is 59.3 Å². The number of nitrogens with zero attached hydrogens (tertiary/aromatic N) is 1. The van der Waals surface area contributed by atoms with Gasteiger partial charge in [-0.15, -0.1) is 0 Å². The molecule has 0 heterocycles. The van der Waals surface area contributed by atoms with E-state index in [2.05, 4.69) is 0 Å². The minimum atomic E-state index is -0.715. The number of ether oxygens (including phenoxy) is 2. The minimum Gasteiger partial charge on any atom is -0.479 e. The number of rotatable bonds is 4. The average molecular weight is 267 g/mol. The number of para-hydroxylation sites is 1. The van der Waals surface area contributed by atoms with Gasteiger partial charge in [0, 0.05) is 0 Å². The average Bonchev–Trinajstić information content (AvgIpc) is 2.49. The fourth-order valence-corrected chi connectivity index (χ4v) is 1.55. The van der Waals surface area contributed by atoms with Gasteiger partial charge < -0.3 is 9.47 Å². The standard InChI is InChI=1S/C16H13NO3/c1-12(19-14-5-3-2-4-6-14)16(18)20-15-9-7-13(11-17)8-10-15/h2-10,12H,1H3/t12-/m1/s1. The second kappa shape index (κ2) is 6.39. The van der Waals surface area contributed by atoms with E-state index in [-0.39, 0.29) is 0 Å². The summed E-state index contributed by atoms with van der Waals surface area (Å²) in [5, 5.41) is 8.68. The maximum atomic E-state index is 11.9. The van der Waals surface area contributed by atoms with Crippen molar-refractivity contribution in [3.05, 3.63) is 60.2 Å². The van der Waals surface area contributed by atoms with Crippen LogP contribution in [0.2, 0.25) is 0 Å². The molecule has 0 bridgehead atoms. The molecule has 0 aliphatic carbocycles. The summed E-state index contributed by atoms with van der Waals surface area (Å²) in [4.78, 5) is 11.9. The van der Waals surface area contributed by atoms with Gasteiger partial charge >= 0.3 is 5.97 Å². The van der Waals surface area contributed by atoms with Crippen molar-refractivity contribution < 1.29 is 14.3 Å². The third kappa shape index (κ3) is 3.59. The van der Waals surface area contributed by atoms with Crippen molar-refractivity contribution in [2.45, 2.75) is 13.0 Å². The van der Waals surface area contributed by atoms with E-state index < -0.39 is 12.1 Å². The van der Waals surface area contributed by atoms with E-state index in [4.69, 9.17) is 14.7 Å². The number of hydrogen-bond acceptors (Lipinski definition) is 4. The first-order valence-corrected chi connectivity index (χ1v) is 6.12. The molecule has 0 aliphatic rings. The van der Waals surface area contributed by atoms with Gasteiger partial charge in [-0.05, 0) is 43.3 Å². The molecule has 4 heteroatoms. The molecule has 0 aromatic heterocycles. The molecule has 0 unspecified atom stereocenters. The van der Waals surface area contributed by atoms with Gasteiger partial charge in [-0.1, -0.05) is 18.2 Å². The molecule has 0 aliphatic heterocycles. The number of esters is 1. The molecular weight excluding hydrogens is 254 g/mol. The van der Waals surface area contributed by atoms with E-state index in [9.17, 15) is 4.79 Å². The van der Waals surface area contributed by atoms with Crippen LogP contribution in [-0.4, -0.2) is 12.1 Å². The Bertz CT molecular complexity index is 614. The Kier molecular flexibility index (Phi) is 4.35. The van der Waals surface area contributed by atoms with Crippen LogP contribution in [0.5, 0.6) is 11.5 Å². The number of nitriles is 1. The molecule has 2 aromatic carbocycles. The Hall–Kier alpha value is -2.80. The SMILES string of the molecule is C[C@@H](Oc1ccccc1)C(=O)Oc1ccc(C#N)cc1. The lowest BCUT2D eigenvalue weighted by Gasteiger charge is -2.13. The summed E-state index contributed by atoms with van der Waals surface area (Å²) in [6.07, 6.45) is -0.715. The van der Waals surface area contributed by atoms with Crippen molar-refractivity contribution in [2.24, 2.45) is 0 Å². The predicted octanol–water partition coefficient (Wildman–Crippen LogP) is 2.93. The van der Waals surface area contributed by atoms with Crippen LogP contribution in [0.3, 0.4) is 0 Å². The van der Waals surface area contributed by atoms with Gasteiger partial charge in [-0.25, -0.2) is 4.79 Å². The molecule has 0 radical (unpaired) electrons. The van der Waals surface area contributed by atoms with Crippen molar-refractivity contribution >= 4 is 5.97 Å². The number of carbonyl (C=O) groups excluding carboxylic acids is 1. The van der Waals surface area contributed by atoms with Crippen molar-refractivity contribution in [1.82, 2.24) is 0 Å². The van der Waals surface area contributed by atoms with Gasteiger partial charge in [0.25, 0.3) is 0 Å². The summed E-state index contributed by atoms with van der Waals surface area (Å²) in [5.41, 5.74) is 0.512. The van der Waals surface area contributed by atoms with E-state index in [1.807, 2.05) is 24.3 Å². The number of hydrogen-bond donors (Lipinski definition) is 0. The molecule has 0 N–H and O–H groups in total. The summed E-state index contributed by atoms with van der Waals surface area (Å²) in [7, 11) is 0. The van der Waals surface area contributed by atoms with Crippen LogP contribution in [-0.2, 0) is 4.79 Å². The van der Waals surface area contributed by atoms with E-state index in [0.29, 0.717) is 17.1 Å². The van der Waals surface area contributed by atoms with Crippen LogP contribution in [0, 0.1) is 11.3 Å². The van der Waals surface area contributed by atoms with Gasteiger partial charge in [0.1, 0.15) is 11.5 Å². The van der Waals surface area contributed by atoms with E-state index in [1.165, 1.54) is 0 Å². The molecule has 0 saturated heterocycles. The molecule has 0 saturated carbocycles. The number of carbonyl (C=O) groups is 1. The van der Waals surface area contributed by atoms with E-state index in [0.717, 1.165) is 0 Å². The third-order valence-electron chi connectivity index (χ3n) is 2.59.